The Hall–Kier alpha value is -0.200. The second-order valence-corrected chi connectivity index (χ2v) is 24.6. The normalized spacial score (nSPS) is 13.4. The third kappa shape index (κ3) is 77.2. The Morgan fingerprint density at radius 2 is 0.358 bits per heavy atom. The largest absolute Gasteiger partial charge is 0.381 e. The van der Waals surface area contributed by atoms with Crippen molar-refractivity contribution in [2.24, 2.45) is 37.9 Å². The SMILES string of the molecule is CC(C)(C)CCOCCC(C)(C)C.CC(C)(C)CCOCCC(C)(C)C.CC(C)(C)CCOCCC(C)(C)C.CC(C)(C)CCOCCOC(C)(C)C. The molecular formula is C48H104O5. The molecule has 0 N–H and O–H groups in total. The molecule has 0 bridgehead atoms. The molecule has 0 aliphatic heterocycles. The van der Waals surface area contributed by atoms with Crippen LogP contribution in [0.1, 0.15) is 211 Å². The fourth-order valence-electron chi connectivity index (χ4n) is 3.46. The molecule has 0 radical (unpaired) electrons. The molecule has 326 valence electrons. The molecule has 0 fully saturated rings. The zero-order valence-corrected chi connectivity index (χ0v) is 41.4. The summed E-state index contributed by atoms with van der Waals surface area (Å²) >= 11 is 0. The average Bonchev–Trinajstić information content (AvgIpc) is 2.86. The molecule has 0 atom stereocenters. The van der Waals surface area contributed by atoms with Gasteiger partial charge in [0.05, 0.1) is 18.8 Å². The molecule has 0 aliphatic carbocycles. The van der Waals surface area contributed by atoms with Crippen LogP contribution in [-0.2, 0) is 23.7 Å². The zero-order chi connectivity index (χ0) is 42.8. The van der Waals surface area contributed by atoms with Gasteiger partial charge in [0.2, 0.25) is 0 Å². The molecule has 0 aromatic rings. The highest BCUT2D eigenvalue weighted by Crippen LogP contribution is 2.23. The quantitative estimate of drug-likeness (QED) is 0.138. The van der Waals surface area contributed by atoms with E-state index in [1.54, 1.807) is 0 Å². The Labute approximate surface area is 336 Å². The Kier molecular flexibility index (Phi) is 31.7. The molecule has 0 aromatic carbocycles. The van der Waals surface area contributed by atoms with Gasteiger partial charge in [0.1, 0.15) is 0 Å². The van der Waals surface area contributed by atoms with E-state index in [2.05, 4.69) is 166 Å². The summed E-state index contributed by atoms with van der Waals surface area (Å²) in [6, 6.07) is 0. The number of ether oxygens (including phenoxy) is 5. The van der Waals surface area contributed by atoms with Crippen LogP contribution < -0.4 is 0 Å². The van der Waals surface area contributed by atoms with Gasteiger partial charge in [-0.1, -0.05) is 145 Å². The van der Waals surface area contributed by atoms with E-state index in [-0.39, 0.29) is 5.60 Å². The summed E-state index contributed by atoms with van der Waals surface area (Å²) < 4.78 is 27.8. The summed E-state index contributed by atoms with van der Waals surface area (Å²) in [4.78, 5) is 0. The van der Waals surface area contributed by atoms with Gasteiger partial charge >= 0.3 is 0 Å². The van der Waals surface area contributed by atoms with Gasteiger partial charge in [-0.3, -0.25) is 0 Å². The molecule has 0 aliphatic rings. The van der Waals surface area contributed by atoms with Gasteiger partial charge in [-0.05, 0) is 104 Å². The molecule has 0 unspecified atom stereocenters. The van der Waals surface area contributed by atoms with Crippen LogP contribution in [0.25, 0.3) is 0 Å². The lowest BCUT2D eigenvalue weighted by atomic mass is 9.92. The number of rotatable bonds is 17. The van der Waals surface area contributed by atoms with Crippen molar-refractivity contribution in [1.29, 1.82) is 0 Å². The van der Waals surface area contributed by atoms with Gasteiger partial charge in [0, 0.05) is 46.2 Å². The molecule has 53 heavy (non-hydrogen) atoms. The van der Waals surface area contributed by atoms with Gasteiger partial charge in [-0.2, -0.15) is 0 Å². The van der Waals surface area contributed by atoms with E-state index in [0.717, 1.165) is 91.2 Å². The van der Waals surface area contributed by atoms with Gasteiger partial charge < -0.3 is 23.7 Å². The van der Waals surface area contributed by atoms with Gasteiger partial charge in [-0.15, -0.1) is 0 Å². The highest BCUT2D eigenvalue weighted by Gasteiger charge is 2.15. The predicted octanol–water partition coefficient (Wildman–Crippen LogP) is 14.9. The van der Waals surface area contributed by atoms with E-state index >= 15 is 0 Å². The first-order valence-corrected chi connectivity index (χ1v) is 21.3. The van der Waals surface area contributed by atoms with E-state index in [4.69, 9.17) is 23.7 Å². The van der Waals surface area contributed by atoms with Crippen LogP contribution in [0.15, 0.2) is 0 Å². The summed E-state index contributed by atoms with van der Waals surface area (Å²) in [5.74, 6) is 0. The van der Waals surface area contributed by atoms with Crippen molar-refractivity contribution in [3.8, 4) is 0 Å². The number of hydrogen-bond donors (Lipinski definition) is 0. The summed E-state index contributed by atoms with van der Waals surface area (Å²) in [6.45, 7) is 61.0. The monoisotopic (exact) mass is 761 g/mol. The molecule has 5 nitrogen and oxygen atoms in total. The zero-order valence-electron chi connectivity index (χ0n) is 41.4. The highest BCUT2D eigenvalue weighted by molar-refractivity contribution is 4.65. The smallest absolute Gasteiger partial charge is 0.0707 e. The fraction of sp³-hybridized carbons (Fsp3) is 1.00. The van der Waals surface area contributed by atoms with Crippen molar-refractivity contribution < 1.29 is 23.7 Å². The molecule has 0 amide bonds. The maximum atomic E-state index is 5.59. The van der Waals surface area contributed by atoms with Crippen molar-refractivity contribution in [2.75, 3.05) is 59.5 Å². The second kappa shape index (κ2) is 28.2. The molecule has 0 heterocycles. The highest BCUT2D eigenvalue weighted by atomic mass is 16.5. The van der Waals surface area contributed by atoms with Crippen molar-refractivity contribution >= 4 is 0 Å². The van der Waals surface area contributed by atoms with E-state index < -0.39 is 0 Å². The summed E-state index contributed by atoms with van der Waals surface area (Å²) in [6.07, 6.45) is 8.00. The van der Waals surface area contributed by atoms with Crippen LogP contribution in [0.4, 0.5) is 0 Å². The maximum absolute atomic E-state index is 5.59. The van der Waals surface area contributed by atoms with E-state index in [1.165, 1.54) is 0 Å². The van der Waals surface area contributed by atoms with Crippen LogP contribution in [0.3, 0.4) is 0 Å². The molecule has 0 rings (SSSR count). The Morgan fingerprint density at radius 1 is 0.208 bits per heavy atom. The van der Waals surface area contributed by atoms with Crippen LogP contribution in [0.2, 0.25) is 0 Å². The first kappa shape index (κ1) is 59.5. The standard InChI is InChI=1S/C12H26O2.3C12H26O/c1-11(2,3)7-8-13-9-10-14-12(4,5)6;3*1-11(2,3)7-9-13-10-8-12(4,5)6/h7-10H2,1-6H3;3*7-10H2,1-6H3. The van der Waals surface area contributed by atoms with E-state index in [1.807, 2.05) is 0 Å². The summed E-state index contributed by atoms with van der Waals surface area (Å²) in [7, 11) is 0. The minimum Gasteiger partial charge on any atom is -0.381 e. The molecule has 0 aromatic heterocycles. The Balaban J connectivity index is -0.000000302. The first-order valence-electron chi connectivity index (χ1n) is 21.3. The van der Waals surface area contributed by atoms with Crippen LogP contribution in [0.5, 0.6) is 0 Å². The summed E-state index contributed by atoms with van der Waals surface area (Å²) in [5, 5.41) is 0. The second-order valence-electron chi connectivity index (χ2n) is 24.6. The van der Waals surface area contributed by atoms with Crippen molar-refractivity contribution in [3.63, 3.8) is 0 Å². The van der Waals surface area contributed by atoms with Crippen LogP contribution in [-0.4, -0.2) is 65.1 Å². The summed E-state index contributed by atoms with van der Waals surface area (Å²) in [5.41, 5.74) is 2.74. The number of hydrogen-bond acceptors (Lipinski definition) is 5. The lowest BCUT2D eigenvalue weighted by Gasteiger charge is -2.20. The third-order valence-corrected chi connectivity index (χ3v) is 7.74. The predicted molar refractivity (Wildman–Crippen MR) is 237 cm³/mol. The van der Waals surface area contributed by atoms with Crippen LogP contribution in [0, 0.1) is 37.9 Å². The Bertz CT molecular complexity index is 644. The third-order valence-electron chi connectivity index (χ3n) is 7.74. The van der Waals surface area contributed by atoms with E-state index in [9.17, 15) is 0 Å². The maximum Gasteiger partial charge on any atom is 0.0707 e. The van der Waals surface area contributed by atoms with Gasteiger partial charge in [0.25, 0.3) is 0 Å². The van der Waals surface area contributed by atoms with Crippen LogP contribution >= 0.6 is 0 Å². The van der Waals surface area contributed by atoms with Crippen molar-refractivity contribution in [1.82, 2.24) is 0 Å². The fourth-order valence-corrected chi connectivity index (χ4v) is 3.46. The lowest BCUT2D eigenvalue weighted by molar-refractivity contribution is -0.0372. The topological polar surface area (TPSA) is 46.2 Å². The minimum atomic E-state index is -0.0482. The Morgan fingerprint density at radius 3 is 0.491 bits per heavy atom. The van der Waals surface area contributed by atoms with Gasteiger partial charge in [0.15, 0.2) is 0 Å². The van der Waals surface area contributed by atoms with Gasteiger partial charge in [-0.25, -0.2) is 0 Å². The molecule has 5 heteroatoms. The molecule has 0 spiro atoms. The molecular weight excluding hydrogens is 657 g/mol. The average molecular weight is 761 g/mol. The minimum absolute atomic E-state index is 0.0482. The van der Waals surface area contributed by atoms with E-state index in [0.29, 0.717) is 51.1 Å². The lowest BCUT2D eigenvalue weighted by Crippen LogP contribution is -2.22. The van der Waals surface area contributed by atoms with Crippen molar-refractivity contribution in [3.05, 3.63) is 0 Å². The molecule has 0 saturated heterocycles. The first-order chi connectivity index (χ1) is 23.3. The van der Waals surface area contributed by atoms with Crippen molar-refractivity contribution in [2.45, 2.75) is 217 Å². The molecule has 0 saturated carbocycles.